The third-order valence-electron chi connectivity index (χ3n) is 4.41. The van der Waals surface area contributed by atoms with Gasteiger partial charge in [0, 0.05) is 25.2 Å². The molecule has 8 heteroatoms. The predicted molar refractivity (Wildman–Crippen MR) is 97.8 cm³/mol. The van der Waals surface area contributed by atoms with Gasteiger partial charge < -0.3 is 24.4 Å². The molecule has 1 aromatic carbocycles. The Balaban J connectivity index is 2.09. The zero-order chi connectivity index (χ0) is 19.8. The van der Waals surface area contributed by atoms with Crippen molar-refractivity contribution in [1.82, 2.24) is 10.2 Å². The first-order valence-electron chi connectivity index (χ1n) is 8.94. The molecule has 2 amide bonds. The van der Waals surface area contributed by atoms with E-state index in [1.165, 1.54) is 14.2 Å². The van der Waals surface area contributed by atoms with Gasteiger partial charge in [-0.05, 0) is 38.0 Å². The quantitative estimate of drug-likeness (QED) is 0.718. The fourth-order valence-corrected chi connectivity index (χ4v) is 2.99. The Kier molecular flexibility index (Phi) is 7.45. The van der Waals surface area contributed by atoms with Crippen LogP contribution in [0.15, 0.2) is 18.2 Å². The molecule has 1 atom stereocenters. The molecule has 1 heterocycles. The van der Waals surface area contributed by atoms with Gasteiger partial charge in [0.1, 0.15) is 0 Å². The van der Waals surface area contributed by atoms with Crippen molar-refractivity contribution in [2.75, 3.05) is 40.5 Å². The van der Waals surface area contributed by atoms with Crippen molar-refractivity contribution in [2.45, 2.75) is 19.8 Å². The van der Waals surface area contributed by atoms with Gasteiger partial charge in [-0.15, -0.1) is 0 Å². The van der Waals surface area contributed by atoms with Crippen LogP contribution >= 0.6 is 0 Å². The second-order valence-electron chi connectivity index (χ2n) is 6.22. The summed E-state index contributed by atoms with van der Waals surface area (Å²) in [6, 6.07) is 4.78. The normalized spacial score (nSPS) is 16.4. The largest absolute Gasteiger partial charge is 0.493 e. The number of carbonyl (C=O) groups excluding carboxylic acids is 3. The minimum atomic E-state index is -0.512. The van der Waals surface area contributed by atoms with E-state index >= 15 is 0 Å². The molecule has 1 unspecified atom stereocenters. The van der Waals surface area contributed by atoms with E-state index < -0.39 is 5.97 Å². The third kappa shape index (κ3) is 5.35. The molecule has 1 aliphatic rings. The highest BCUT2D eigenvalue weighted by Crippen LogP contribution is 2.29. The molecule has 0 spiro atoms. The number of methoxy groups -OCH3 is 2. The van der Waals surface area contributed by atoms with Crippen LogP contribution in [-0.2, 0) is 14.3 Å². The van der Waals surface area contributed by atoms with Crippen molar-refractivity contribution in [3.63, 3.8) is 0 Å². The molecule has 27 heavy (non-hydrogen) atoms. The number of carbonyl (C=O) groups is 3. The van der Waals surface area contributed by atoms with Gasteiger partial charge >= 0.3 is 5.97 Å². The molecule has 0 saturated carbocycles. The van der Waals surface area contributed by atoms with Crippen molar-refractivity contribution < 1.29 is 28.6 Å². The van der Waals surface area contributed by atoms with Crippen LogP contribution in [0, 0.1) is 5.92 Å². The molecule has 1 fully saturated rings. The number of esters is 1. The number of likely N-dealkylation sites (tertiary alicyclic amines) is 1. The number of rotatable bonds is 7. The van der Waals surface area contributed by atoms with Crippen LogP contribution < -0.4 is 14.8 Å². The van der Waals surface area contributed by atoms with Crippen molar-refractivity contribution in [3.05, 3.63) is 23.8 Å². The molecular formula is C19H26N2O6. The van der Waals surface area contributed by atoms with Crippen molar-refractivity contribution in [1.29, 1.82) is 0 Å². The molecule has 148 valence electrons. The zero-order valence-corrected chi connectivity index (χ0v) is 15.9. The summed E-state index contributed by atoms with van der Waals surface area (Å²) >= 11 is 0. The summed E-state index contributed by atoms with van der Waals surface area (Å²) in [5.74, 6) is -0.185. The Hall–Kier alpha value is -2.77. The lowest BCUT2D eigenvalue weighted by Crippen LogP contribution is -2.45. The van der Waals surface area contributed by atoms with Crippen LogP contribution in [0.2, 0.25) is 0 Å². The van der Waals surface area contributed by atoms with Gasteiger partial charge in [-0.1, -0.05) is 0 Å². The van der Waals surface area contributed by atoms with E-state index in [-0.39, 0.29) is 24.3 Å². The first-order chi connectivity index (χ1) is 13.0. The summed E-state index contributed by atoms with van der Waals surface area (Å²) < 4.78 is 15.2. The maximum absolute atomic E-state index is 12.8. The van der Waals surface area contributed by atoms with E-state index in [1.54, 1.807) is 23.1 Å². The van der Waals surface area contributed by atoms with E-state index in [1.807, 2.05) is 6.92 Å². The second kappa shape index (κ2) is 9.80. The summed E-state index contributed by atoms with van der Waals surface area (Å²) in [6.45, 7) is 3.21. The summed E-state index contributed by atoms with van der Waals surface area (Å²) in [5.41, 5.74) is 0.439. The van der Waals surface area contributed by atoms with Crippen LogP contribution in [0.5, 0.6) is 11.5 Å². The second-order valence-corrected chi connectivity index (χ2v) is 6.22. The molecule has 1 aromatic rings. The smallest absolute Gasteiger partial charge is 0.343 e. The minimum Gasteiger partial charge on any atom is -0.493 e. The molecule has 0 radical (unpaired) electrons. The van der Waals surface area contributed by atoms with Crippen LogP contribution in [0.4, 0.5) is 0 Å². The summed E-state index contributed by atoms with van der Waals surface area (Å²) in [7, 11) is 2.73. The van der Waals surface area contributed by atoms with Gasteiger partial charge in [-0.2, -0.15) is 0 Å². The number of hydrogen-bond acceptors (Lipinski definition) is 6. The average Bonchev–Trinajstić information content (AvgIpc) is 2.71. The van der Waals surface area contributed by atoms with Crippen molar-refractivity contribution in [3.8, 4) is 11.5 Å². The summed E-state index contributed by atoms with van der Waals surface area (Å²) in [6.07, 6.45) is 1.56. The number of hydrogen-bond donors (Lipinski definition) is 1. The van der Waals surface area contributed by atoms with Gasteiger partial charge in [-0.25, -0.2) is 4.79 Å². The van der Waals surface area contributed by atoms with Crippen LogP contribution in [-0.4, -0.2) is 63.1 Å². The van der Waals surface area contributed by atoms with Crippen LogP contribution in [0.1, 0.15) is 30.1 Å². The van der Waals surface area contributed by atoms with E-state index in [4.69, 9.17) is 9.47 Å². The first kappa shape index (κ1) is 20.5. The Morgan fingerprint density at radius 1 is 1.22 bits per heavy atom. The Labute approximate surface area is 158 Å². The maximum atomic E-state index is 12.8. The van der Waals surface area contributed by atoms with Crippen LogP contribution in [0.3, 0.4) is 0 Å². The Bertz CT molecular complexity index is 691. The molecule has 0 bridgehead atoms. The number of ether oxygens (including phenoxy) is 3. The molecule has 1 N–H and O–H groups in total. The number of amides is 2. The zero-order valence-electron chi connectivity index (χ0n) is 15.9. The molecular weight excluding hydrogens is 352 g/mol. The monoisotopic (exact) mass is 378 g/mol. The lowest BCUT2D eigenvalue weighted by atomic mass is 9.96. The van der Waals surface area contributed by atoms with E-state index in [9.17, 15) is 14.4 Å². The Morgan fingerprint density at radius 3 is 2.67 bits per heavy atom. The lowest BCUT2D eigenvalue weighted by Gasteiger charge is -2.32. The van der Waals surface area contributed by atoms with Gasteiger partial charge in [-0.3, -0.25) is 9.59 Å². The SMILES string of the molecule is CCNC(=O)C1CCCN(C(=O)c2ccc(OCC(=O)OC)c(OC)c2)C1. The molecule has 1 aliphatic heterocycles. The van der Waals surface area contributed by atoms with E-state index in [2.05, 4.69) is 10.1 Å². The Morgan fingerprint density at radius 2 is 2.00 bits per heavy atom. The summed E-state index contributed by atoms with van der Waals surface area (Å²) in [4.78, 5) is 37.8. The fraction of sp³-hybridized carbons (Fsp3) is 0.526. The molecule has 1 saturated heterocycles. The first-order valence-corrected chi connectivity index (χ1v) is 8.94. The third-order valence-corrected chi connectivity index (χ3v) is 4.41. The standard InChI is InChI=1S/C19H26N2O6/c1-4-20-18(23)14-6-5-9-21(11-14)19(24)13-7-8-15(16(10-13)25-2)27-12-17(22)26-3/h7-8,10,14H,4-6,9,11-12H2,1-3H3,(H,20,23). The van der Waals surface area contributed by atoms with Gasteiger partial charge in [0.15, 0.2) is 18.1 Å². The highest BCUT2D eigenvalue weighted by molar-refractivity contribution is 5.95. The summed E-state index contributed by atoms with van der Waals surface area (Å²) in [5, 5.41) is 2.82. The number of piperidine rings is 1. The van der Waals surface area contributed by atoms with E-state index in [0.717, 1.165) is 12.8 Å². The molecule has 8 nitrogen and oxygen atoms in total. The van der Waals surface area contributed by atoms with Gasteiger partial charge in [0.2, 0.25) is 5.91 Å². The van der Waals surface area contributed by atoms with E-state index in [0.29, 0.717) is 36.7 Å². The van der Waals surface area contributed by atoms with Gasteiger partial charge in [0.05, 0.1) is 20.1 Å². The number of benzene rings is 1. The molecule has 0 aliphatic carbocycles. The predicted octanol–water partition coefficient (Wildman–Crippen LogP) is 1.24. The number of nitrogens with one attached hydrogen (secondary N) is 1. The van der Waals surface area contributed by atoms with Crippen molar-refractivity contribution in [2.24, 2.45) is 5.92 Å². The van der Waals surface area contributed by atoms with Crippen LogP contribution in [0.25, 0.3) is 0 Å². The van der Waals surface area contributed by atoms with Crippen molar-refractivity contribution >= 4 is 17.8 Å². The highest BCUT2D eigenvalue weighted by atomic mass is 16.6. The highest BCUT2D eigenvalue weighted by Gasteiger charge is 2.29. The average molecular weight is 378 g/mol. The topological polar surface area (TPSA) is 94.2 Å². The van der Waals surface area contributed by atoms with Gasteiger partial charge in [0.25, 0.3) is 5.91 Å². The molecule has 0 aromatic heterocycles. The number of nitrogens with zero attached hydrogens (tertiary/aromatic N) is 1. The molecule has 2 rings (SSSR count). The minimum absolute atomic E-state index is 0.0147. The maximum Gasteiger partial charge on any atom is 0.343 e. The lowest BCUT2D eigenvalue weighted by molar-refractivity contribution is -0.143. The fourth-order valence-electron chi connectivity index (χ4n) is 2.99.